The predicted octanol–water partition coefficient (Wildman–Crippen LogP) is 1.53. The van der Waals surface area contributed by atoms with E-state index < -0.39 is 4.75 Å². The lowest BCUT2D eigenvalue weighted by Gasteiger charge is -2.22. The SMILES string of the molecule is CC(C)[C@]1(C)SC(=N[C@@H]2CC[C@@H](O)C2)NC1=O. The van der Waals surface area contributed by atoms with Gasteiger partial charge in [-0.1, -0.05) is 25.6 Å². The lowest BCUT2D eigenvalue weighted by molar-refractivity contribution is -0.122. The topological polar surface area (TPSA) is 61.7 Å². The van der Waals surface area contributed by atoms with E-state index in [9.17, 15) is 9.90 Å². The highest BCUT2D eigenvalue weighted by Crippen LogP contribution is 2.38. The summed E-state index contributed by atoms with van der Waals surface area (Å²) in [6, 6.07) is 0.169. The zero-order chi connectivity index (χ0) is 12.6. The molecular formula is C12H20N2O2S. The number of aliphatic hydroxyl groups is 1. The van der Waals surface area contributed by atoms with Gasteiger partial charge in [-0.25, -0.2) is 0 Å². The maximum Gasteiger partial charge on any atom is 0.242 e. The van der Waals surface area contributed by atoms with Gasteiger partial charge in [0.2, 0.25) is 5.91 Å². The summed E-state index contributed by atoms with van der Waals surface area (Å²) in [6.07, 6.45) is 2.24. The molecule has 2 rings (SSSR count). The van der Waals surface area contributed by atoms with E-state index in [4.69, 9.17) is 0 Å². The maximum atomic E-state index is 11.9. The monoisotopic (exact) mass is 256 g/mol. The standard InChI is InChI=1S/C12H20N2O2S/c1-7(2)12(3)10(16)14-11(17-12)13-8-4-5-9(15)6-8/h7-9,15H,4-6H2,1-3H3,(H,13,14,16)/t8-,9-,12+/m1/s1. The molecule has 17 heavy (non-hydrogen) atoms. The van der Waals surface area contributed by atoms with Crippen LogP contribution in [0.15, 0.2) is 4.99 Å². The molecule has 2 fully saturated rings. The van der Waals surface area contributed by atoms with Crippen LogP contribution in [0.5, 0.6) is 0 Å². The van der Waals surface area contributed by atoms with E-state index in [1.807, 2.05) is 6.92 Å². The summed E-state index contributed by atoms with van der Waals surface area (Å²) >= 11 is 1.52. The second-order valence-corrected chi connectivity index (χ2v) is 6.81. The van der Waals surface area contributed by atoms with Gasteiger partial charge in [-0.15, -0.1) is 0 Å². The summed E-state index contributed by atoms with van der Waals surface area (Å²) in [7, 11) is 0. The lowest BCUT2D eigenvalue weighted by Crippen LogP contribution is -2.38. The van der Waals surface area contributed by atoms with Crippen LogP contribution >= 0.6 is 11.8 Å². The van der Waals surface area contributed by atoms with Crippen LogP contribution in [0.25, 0.3) is 0 Å². The third kappa shape index (κ3) is 2.50. The normalized spacial score (nSPS) is 40.3. The molecule has 2 aliphatic rings. The van der Waals surface area contributed by atoms with Crippen molar-refractivity contribution in [1.29, 1.82) is 0 Å². The van der Waals surface area contributed by atoms with Crippen LogP contribution < -0.4 is 5.32 Å². The van der Waals surface area contributed by atoms with Gasteiger partial charge in [0.25, 0.3) is 0 Å². The number of thioether (sulfide) groups is 1. The summed E-state index contributed by atoms with van der Waals surface area (Å²) in [5.74, 6) is 0.323. The number of rotatable bonds is 2. The Hall–Kier alpha value is -0.550. The molecule has 96 valence electrons. The largest absolute Gasteiger partial charge is 0.393 e. The first kappa shape index (κ1) is 12.9. The van der Waals surface area contributed by atoms with Crippen molar-refractivity contribution in [3.63, 3.8) is 0 Å². The summed E-state index contributed by atoms with van der Waals surface area (Å²) < 4.78 is -0.407. The van der Waals surface area contributed by atoms with Crippen LogP contribution in [0.2, 0.25) is 0 Å². The van der Waals surface area contributed by atoms with E-state index >= 15 is 0 Å². The average molecular weight is 256 g/mol. The molecule has 1 saturated carbocycles. The van der Waals surface area contributed by atoms with Gasteiger partial charge >= 0.3 is 0 Å². The highest BCUT2D eigenvalue weighted by molar-refractivity contribution is 8.16. The van der Waals surface area contributed by atoms with Crippen molar-refractivity contribution in [2.24, 2.45) is 10.9 Å². The number of carbonyl (C=O) groups is 1. The van der Waals surface area contributed by atoms with Gasteiger partial charge < -0.3 is 10.4 Å². The number of carbonyl (C=O) groups excluding carboxylic acids is 1. The van der Waals surface area contributed by atoms with E-state index in [-0.39, 0.29) is 24.0 Å². The fourth-order valence-electron chi connectivity index (χ4n) is 2.15. The van der Waals surface area contributed by atoms with Gasteiger partial charge in [-0.2, -0.15) is 0 Å². The lowest BCUT2D eigenvalue weighted by atomic mass is 9.96. The molecule has 0 bridgehead atoms. The van der Waals surface area contributed by atoms with Gasteiger partial charge in [0.05, 0.1) is 12.1 Å². The molecule has 1 heterocycles. The zero-order valence-corrected chi connectivity index (χ0v) is 11.4. The maximum absolute atomic E-state index is 11.9. The zero-order valence-electron chi connectivity index (χ0n) is 10.6. The van der Waals surface area contributed by atoms with Crippen molar-refractivity contribution in [3.05, 3.63) is 0 Å². The van der Waals surface area contributed by atoms with Gasteiger partial charge in [0, 0.05) is 0 Å². The number of nitrogens with one attached hydrogen (secondary N) is 1. The number of aliphatic imine (C=N–C) groups is 1. The van der Waals surface area contributed by atoms with Crippen molar-refractivity contribution < 1.29 is 9.90 Å². The van der Waals surface area contributed by atoms with Crippen LogP contribution in [0, 0.1) is 5.92 Å². The molecule has 3 atom stereocenters. The summed E-state index contributed by atoms with van der Waals surface area (Å²) in [6.45, 7) is 6.06. The first-order valence-corrected chi connectivity index (χ1v) is 7.00. The number of hydrogen-bond acceptors (Lipinski definition) is 4. The molecule has 1 aliphatic carbocycles. The van der Waals surface area contributed by atoms with Gasteiger partial charge in [-0.05, 0) is 32.1 Å². The summed E-state index contributed by atoms with van der Waals surface area (Å²) in [5, 5.41) is 13.0. The molecule has 4 nitrogen and oxygen atoms in total. The third-order valence-electron chi connectivity index (χ3n) is 3.76. The van der Waals surface area contributed by atoms with E-state index in [0.29, 0.717) is 0 Å². The van der Waals surface area contributed by atoms with E-state index in [1.165, 1.54) is 11.8 Å². The Kier molecular flexibility index (Phi) is 3.50. The van der Waals surface area contributed by atoms with Crippen molar-refractivity contribution >= 4 is 22.8 Å². The first-order chi connectivity index (χ1) is 7.91. The first-order valence-electron chi connectivity index (χ1n) is 6.18. The Labute approximate surface area is 106 Å². The van der Waals surface area contributed by atoms with E-state index in [2.05, 4.69) is 24.2 Å². The Balaban J connectivity index is 2.06. The van der Waals surface area contributed by atoms with Gasteiger partial charge in [0.15, 0.2) is 5.17 Å². The predicted molar refractivity (Wildman–Crippen MR) is 70.1 cm³/mol. The Morgan fingerprint density at radius 1 is 1.53 bits per heavy atom. The van der Waals surface area contributed by atoms with Gasteiger partial charge in [0.1, 0.15) is 4.75 Å². The molecule has 0 aromatic rings. The molecule has 0 radical (unpaired) electrons. The Morgan fingerprint density at radius 3 is 2.71 bits per heavy atom. The van der Waals surface area contributed by atoms with E-state index in [1.54, 1.807) is 0 Å². The number of nitrogens with zero attached hydrogens (tertiary/aromatic N) is 1. The molecule has 5 heteroatoms. The molecule has 1 amide bonds. The fraction of sp³-hybridized carbons (Fsp3) is 0.833. The minimum absolute atomic E-state index is 0.0507. The van der Waals surface area contributed by atoms with Crippen molar-refractivity contribution in [3.8, 4) is 0 Å². The highest BCUT2D eigenvalue weighted by atomic mass is 32.2. The van der Waals surface area contributed by atoms with Crippen LogP contribution in [-0.4, -0.2) is 33.1 Å². The minimum Gasteiger partial charge on any atom is -0.393 e. The number of amidine groups is 1. The molecule has 0 aromatic heterocycles. The second kappa shape index (κ2) is 4.61. The van der Waals surface area contributed by atoms with Crippen LogP contribution in [0.3, 0.4) is 0 Å². The molecule has 2 N–H and O–H groups in total. The summed E-state index contributed by atoms with van der Waals surface area (Å²) in [5.41, 5.74) is 0. The van der Waals surface area contributed by atoms with Crippen molar-refractivity contribution in [2.45, 2.75) is 56.9 Å². The Morgan fingerprint density at radius 2 is 2.24 bits per heavy atom. The van der Waals surface area contributed by atoms with Crippen LogP contribution in [-0.2, 0) is 4.79 Å². The van der Waals surface area contributed by atoms with Crippen LogP contribution in [0.4, 0.5) is 0 Å². The molecule has 1 saturated heterocycles. The second-order valence-electron chi connectivity index (χ2n) is 5.37. The fourth-order valence-corrected chi connectivity index (χ4v) is 3.28. The molecular weight excluding hydrogens is 236 g/mol. The highest BCUT2D eigenvalue weighted by Gasteiger charge is 2.45. The molecule has 0 unspecified atom stereocenters. The number of hydrogen-bond donors (Lipinski definition) is 2. The Bertz CT molecular complexity index is 356. The quantitative estimate of drug-likeness (QED) is 0.787. The average Bonchev–Trinajstić information content (AvgIpc) is 2.74. The van der Waals surface area contributed by atoms with Crippen LogP contribution in [0.1, 0.15) is 40.0 Å². The minimum atomic E-state index is -0.407. The number of aliphatic hydroxyl groups excluding tert-OH is 1. The van der Waals surface area contributed by atoms with E-state index in [0.717, 1.165) is 24.4 Å². The van der Waals surface area contributed by atoms with Crippen molar-refractivity contribution in [1.82, 2.24) is 5.32 Å². The smallest absolute Gasteiger partial charge is 0.242 e. The third-order valence-corrected chi connectivity index (χ3v) is 5.24. The summed E-state index contributed by atoms with van der Waals surface area (Å²) in [4.78, 5) is 16.5. The molecule has 1 aliphatic heterocycles. The number of amides is 1. The van der Waals surface area contributed by atoms with Gasteiger partial charge in [-0.3, -0.25) is 9.79 Å². The molecule has 0 spiro atoms. The molecule has 0 aromatic carbocycles. The van der Waals surface area contributed by atoms with Crippen molar-refractivity contribution in [2.75, 3.05) is 0 Å².